The van der Waals surface area contributed by atoms with Crippen LogP contribution in [0.3, 0.4) is 0 Å². The Morgan fingerprint density at radius 1 is 1.03 bits per heavy atom. The summed E-state index contributed by atoms with van der Waals surface area (Å²) in [6.45, 7) is -0.454. The molecule has 1 unspecified atom stereocenters. The Labute approximate surface area is 204 Å². The van der Waals surface area contributed by atoms with Gasteiger partial charge < -0.3 is 10.1 Å². The molecule has 0 spiro atoms. The van der Waals surface area contributed by atoms with Crippen LogP contribution in [0.25, 0.3) is 0 Å². The highest BCUT2D eigenvalue weighted by molar-refractivity contribution is 7.92. The molecule has 2 aliphatic rings. The Bertz CT molecular complexity index is 1370. The maximum atomic E-state index is 13.0. The van der Waals surface area contributed by atoms with Crippen LogP contribution in [-0.2, 0) is 26.0 Å². The lowest BCUT2D eigenvalue weighted by Gasteiger charge is -2.31. The number of carbonyl (C=O) groups is 2. The van der Waals surface area contributed by atoms with Gasteiger partial charge >= 0.3 is 0 Å². The van der Waals surface area contributed by atoms with E-state index in [-0.39, 0.29) is 35.7 Å². The van der Waals surface area contributed by atoms with Gasteiger partial charge in [0.25, 0.3) is 15.9 Å². The van der Waals surface area contributed by atoms with Crippen LogP contribution in [0.1, 0.15) is 30.0 Å². The summed E-state index contributed by atoms with van der Waals surface area (Å²) in [6.07, 6.45) is 2.77. The number of aryl methyl sites for hydroxylation is 1. The van der Waals surface area contributed by atoms with Gasteiger partial charge in [0.2, 0.25) is 5.91 Å². The van der Waals surface area contributed by atoms with Crippen molar-refractivity contribution in [2.75, 3.05) is 22.8 Å². The Hall–Kier alpha value is -3.85. The minimum Gasteiger partial charge on any atom is -0.482 e. The second-order valence-electron chi connectivity index (χ2n) is 8.58. The summed E-state index contributed by atoms with van der Waals surface area (Å²) in [6, 6.07) is 20.7. The van der Waals surface area contributed by atoms with Gasteiger partial charge in [-0.05, 0) is 60.7 Å². The topological polar surface area (TPSA) is 105 Å². The lowest BCUT2D eigenvalue weighted by Crippen LogP contribution is -2.46. The van der Waals surface area contributed by atoms with Crippen molar-refractivity contribution in [2.45, 2.75) is 30.2 Å². The molecule has 1 atom stereocenters. The summed E-state index contributed by atoms with van der Waals surface area (Å²) < 4.78 is 33.9. The fourth-order valence-corrected chi connectivity index (χ4v) is 5.61. The zero-order valence-electron chi connectivity index (χ0n) is 18.9. The fourth-order valence-electron chi connectivity index (χ4n) is 4.53. The highest BCUT2D eigenvalue weighted by Crippen LogP contribution is 2.35. The van der Waals surface area contributed by atoms with E-state index in [1.165, 1.54) is 28.7 Å². The number of anilines is 2. The van der Waals surface area contributed by atoms with Gasteiger partial charge in [-0.25, -0.2) is 8.42 Å². The maximum absolute atomic E-state index is 13.0. The molecule has 0 radical (unpaired) electrons. The molecular formula is C26H25N3O5S. The summed E-state index contributed by atoms with van der Waals surface area (Å²) in [7, 11) is -3.92. The molecule has 0 saturated heterocycles. The molecule has 0 bridgehead atoms. The number of amides is 2. The van der Waals surface area contributed by atoms with Gasteiger partial charge in [0, 0.05) is 5.69 Å². The Balaban J connectivity index is 1.37. The first-order valence-electron chi connectivity index (χ1n) is 11.4. The molecule has 5 rings (SSSR count). The van der Waals surface area contributed by atoms with Crippen molar-refractivity contribution in [3.05, 3.63) is 83.9 Å². The van der Waals surface area contributed by atoms with Crippen LogP contribution in [0, 0.1) is 0 Å². The van der Waals surface area contributed by atoms with E-state index in [1.54, 1.807) is 30.3 Å². The third-order valence-corrected chi connectivity index (χ3v) is 7.60. The summed E-state index contributed by atoms with van der Waals surface area (Å²) in [5.41, 5.74) is 2.98. The van der Waals surface area contributed by atoms with Crippen LogP contribution < -0.4 is 19.7 Å². The molecule has 2 amide bonds. The van der Waals surface area contributed by atoms with Crippen LogP contribution in [0.4, 0.5) is 11.4 Å². The van der Waals surface area contributed by atoms with Crippen LogP contribution in [0.15, 0.2) is 77.7 Å². The van der Waals surface area contributed by atoms with Gasteiger partial charge in [-0.3, -0.25) is 19.2 Å². The van der Waals surface area contributed by atoms with Crippen LogP contribution in [0.5, 0.6) is 5.75 Å². The molecule has 1 aliphatic heterocycles. The number of nitrogens with zero attached hydrogens (tertiary/aromatic N) is 1. The normalized spacial score (nSPS) is 17.1. The number of nitrogens with one attached hydrogen (secondary N) is 2. The smallest absolute Gasteiger partial charge is 0.265 e. The minimum atomic E-state index is -3.92. The van der Waals surface area contributed by atoms with E-state index in [0.717, 1.165) is 24.8 Å². The van der Waals surface area contributed by atoms with Crippen LogP contribution in [-0.4, -0.2) is 33.4 Å². The number of ether oxygens (including phenoxy) is 1. The monoisotopic (exact) mass is 491 g/mol. The summed E-state index contributed by atoms with van der Waals surface area (Å²) in [4.78, 5) is 26.9. The predicted octanol–water partition coefficient (Wildman–Crippen LogP) is 3.41. The standard InChI is InChI=1S/C26H25N3O5S/c30-25(27-22-12-6-8-18-7-4-5-11-21(18)22)16-29-23-15-20(13-14-24(23)34-17-26(29)31)35(32,33)28-19-9-2-1-3-10-19/h1-5,7,9-11,13-15,22,28H,6,8,12,16-17H2,(H,27,30). The molecule has 180 valence electrons. The van der Waals surface area contributed by atoms with Gasteiger partial charge in [0.15, 0.2) is 6.61 Å². The number of fused-ring (bicyclic) bond motifs is 2. The molecule has 3 aromatic rings. The number of benzene rings is 3. The average Bonchev–Trinajstić information content (AvgIpc) is 2.86. The number of hydrogen-bond donors (Lipinski definition) is 2. The molecule has 35 heavy (non-hydrogen) atoms. The van der Waals surface area contributed by atoms with E-state index < -0.39 is 15.9 Å². The second-order valence-corrected chi connectivity index (χ2v) is 10.3. The molecule has 0 aromatic heterocycles. The Kier molecular flexibility index (Phi) is 6.17. The molecule has 3 aromatic carbocycles. The van der Waals surface area contributed by atoms with Gasteiger partial charge in [-0.15, -0.1) is 0 Å². The fraction of sp³-hybridized carbons (Fsp3) is 0.231. The molecule has 2 N–H and O–H groups in total. The van der Waals surface area contributed by atoms with E-state index in [1.807, 2.05) is 18.2 Å². The Morgan fingerprint density at radius 2 is 1.80 bits per heavy atom. The Morgan fingerprint density at radius 3 is 2.63 bits per heavy atom. The highest BCUT2D eigenvalue weighted by Gasteiger charge is 2.30. The van der Waals surface area contributed by atoms with Gasteiger partial charge in [-0.1, -0.05) is 42.5 Å². The highest BCUT2D eigenvalue weighted by atomic mass is 32.2. The first-order chi connectivity index (χ1) is 16.9. The van der Waals surface area contributed by atoms with Crippen molar-refractivity contribution in [3.63, 3.8) is 0 Å². The van der Waals surface area contributed by atoms with Gasteiger partial charge in [-0.2, -0.15) is 0 Å². The number of rotatable bonds is 6. The molecule has 9 heteroatoms. The van der Waals surface area contributed by atoms with E-state index in [9.17, 15) is 18.0 Å². The SMILES string of the molecule is O=C(CN1C(=O)COc2ccc(S(=O)(=O)Nc3ccccc3)cc21)NC1CCCc2ccccc21. The third kappa shape index (κ3) is 4.85. The first-order valence-corrected chi connectivity index (χ1v) is 12.9. The minimum absolute atomic E-state index is 0.0370. The van der Waals surface area contributed by atoms with Crippen molar-refractivity contribution in [1.82, 2.24) is 5.32 Å². The van der Waals surface area contributed by atoms with E-state index in [4.69, 9.17) is 4.74 Å². The predicted molar refractivity (Wildman–Crippen MR) is 132 cm³/mol. The van der Waals surface area contributed by atoms with Crippen molar-refractivity contribution in [2.24, 2.45) is 0 Å². The molecule has 8 nitrogen and oxygen atoms in total. The molecule has 0 saturated carbocycles. The molecule has 0 fully saturated rings. The average molecular weight is 492 g/mol. The molecule has 1 aliphatic carbocycles. The molecule has 1 heterocycles. The van der Waals surface area contributed by atoms with Gasteiger partial charge in [0.1, 0.15) is 12.3 Å². The second kappa shape index (κ2) is 9.42. The number of carbonyl (C=O) groups excluding carboxylic acids is 2. The first kappa shape index (κ1) is 22.9. The van der Waals surface area contributed by atoms with Crippen molar-refractivity contribution >= 4 is 33.2 Å². The van der Waals surface area contributed by atoms with Crippen LogP contribution >= 0.6 is 0 Å². The zero-order chi connectivity index (χ0) is 24.4. The summed E-state index contributed by atoms with van der Waals surface area (Å²) >= 11 is 0. The molecular weight excluding hydrogens is 466 g/mol. The van der Waals surface area contributed by atoms with Crippen LogP contribution in [0.2, 0.25) is 0 Å². The number of para-hydroxylation sites is 1. The van der Waals surface area contributed by atoms with Crippen molar-refractivity contribution < 1.29 is 22.7 Å². The summed E-state index contributed by atoms with van der Waals surface area (Å²) in [5, 5.41) is 3.05. The largest absolute Gasteiger partial charge is 0.482 e. The zero-order valence-corrected chi connectivity index (χ0v) is 19.8. The lowest BCUT2D eigenvalue weighted by atomic mass is 9.88. The number of hydrogen-bond acceptors (Lipinski definition) is 5. The van der Waals surface area contributed by atoms with E-state index >= 15 is 0 Å². The van der Waals surface area contributed by atoms with E-state index in [2.05, 4.69) is 16.1 Å². The maximum Gasteiger partial charge on any atom is 0.265 e. The summed E-state index contributed by atoms with van der Waals surface area (Å²) in [5.74, 6) is -0.384. The van der Waals surface area contributed by atoms with Crippen molar-refractivity contribution in [1.29, 1.82) is 0 Å². The van der Waals surface area contributed by atoms with Crippen molar-refractivity contribution in [3.8, 4) is 5.75 Å². The number of sulfonamides is 1. The third-order valence-electron chi connectivity index (χ3n) is 6.22. The lowest BCUT2D eigenvalue weighted by molar-refractivity contribution is -0.125. The van der Waals surface area contributed by atoms with Gasteiger partial charge in [0.05, 0.1) is 16.6 Å². The quantitative estimate of drug-likeness (QED) is 0.550. The van der Waals surface area contributed by atoms with E-state index in [0.29, 0.717) is 11.4 Å².